The van der Waals surface area contributed by atoms with Crippen LogP contribution in [0.5, 0.6) is 0 Å². The molecule has 1 aromatic carbocycles. The summed E-state index contributed by atoms with van der Waals surface area (Å²) in [5.41, 5.74) is 8.21. The Kier molecular flexibility index (Phi) is 2.64. The molecule has 4 heteroatoms. The molecule has 1 heterocycles. The molecular weight excluding hydrogens is 205 g/mol. The van der Waals surface area contributed by atoms with E-state index in [2.05, 4.69) is 5.10 Å². The Labute approximate surface area is 93.7 Å². The second-order valence-corrected chi connectivity index (χ2v) is 3.99. The molecule has 0 spiro atoms. The minimum absolute atomic E-state index is 0.220. The fourth-order valence-corrected chi connectivity index (χ4v) is 1.67. The van der Waals surface area contributed by atoms with Crippen molar-refractivity contribution in [2.24, 2.45) is 0 Å². The number of rotatable bonds is 2. The van der Waals surface area contributed by atoms with Crippen molar-refractivity contribution in [2.45, 2.75) is 19.9 Å². The number of nitrogens with two attached hydrogens (primary N) is 1. The van der Waals surface area contributed by atoms with Gasteiger partial charge in [0.2, 0.25) is 0 Å². The van der Waals surface area contributed by atoms with Gasteiger partial charge in [-0.05, 0) is 38.1 Å². The smallest absolute Gasteiger partial charge is 0.123 e. The highest BCUT2D eigenvalue weighted by molar-refractivity contribution is 5.72. The average Bonchev–Trinajstić information content (AvgIpc) is 2.62. The van der Waals surface area contributed by atoms with E-state index in [9.17, 15) is 4.39 Å². The number of aromatic nitrogens is 2. The third-order valence-corrected chi connectivity index (χ3v) is 2.43. The van der Waals surface area contributed by atoms with Gasteiger partial charge in [-0.3, -0.25) is 4.68 Å². The lowest BCUT2D eigenvalue weighted by molar-refractivity contribution is 0.538. The highest BCUT2D eigenvalue weighted by Crippen LogP contribution is 2.28. The summed E-state index contributed by atoms with van der Waals surface area (Å²) >= 11 is 0. The fraction of sp³-hybridized carbons (Fsp3) is 0.250. The molecule has 0 saturated carbocycles. The number of nitrogen functional groups attached to an aromatic ring is 1. The van der Waals surface area contributed by atoms with Crippen LogP contribution in [0.25, 0.3) is 11.3 Å². The van der Waals surface area contributed by atoms with Gasteiger partial charge in [0, 0.05) is 11.6 Å². The normalized spacial score (nSPS) is 11.0. The van der Waals surface area contributed by atoms with Crippen molar-refractivity contribution >= 4 is 5.69 Å². The Hall–Kier alpha value is -1.84. The lowest BCUT2D eigenvalue weighted by Gasteiger charge is -2.11. The molecule has 2 rings (SSSR count). The quantitative estimate of drug-likeness (QED) is 0.844. The molecular formula is C12H14FN3. The van der Waals surface area contributed by atoms with Crippen LogP contribution in [0.1, 0.15) is 19.9 Å². The first-order chi connectivity index (χ1) is 7.59. The molecule has 0 fully saturated rings. The van der Waals surface area contributed by atoms with Gasteiger partial charge in [0.15, 0.2) is 0 Å². The zero-order chi connectivity index (χ0) is 11.7. The first-order valence-electron chi connectivity index (χ1n) is 5.18. The molecule has 2 N–H and O–H groups in total. The van der Waals surface area contributed by atoms with Crippen molar-refractivity contribution in [1.82, 2.24) is 9.78 Å². The lowest BCUT2D eigenvalue weighted by Crippen LogP contribution is -2.05. The van der Waals surface area contributed by atoms with Gasteiger partial charge in [0.1, 0.15) is 5.82 Å². The SMILES string of the molecule is CC(C)n1ncc(N)c1-c1ccc(F)cc1. The van der Waals surface area contributed by atoms with Crippen molar-refractivity contribution in [3.63, 3.8) is 0 Å². The first kappa shape index (κ1) is 10.7. The lowest BCUT2D eigenvalue weighted by atomic mass is 10.1. The third-order valence-electron chi connectivity index (χ3n) is 2.43. The summed E-state index contributed by atoms with van der Waals surface area (Å²) in [4.78, 5) is 0. The van der Waals surface area contributed by atoms with Crippen LogP contribution in [0, 0.1) is 5.82 Å². The van der Waals surface area contributed by atoms with Crippen molar-refractivity contribution in [1.29, 1.82) is 0 Å². The number of hydrogen-bond acceptors (Lipinski definition) is 2. The molecule has 0 unspecified atom stereocenters. The van der Waals surface area contributed by atoms with Crippen LogP contribution in [0.15, 0.2) is 30.5 Å². The van der Waals surface area contributed by atoms with E-state index in [1.54, 1.807) is 18.3 Å². The van der Waals surface area contributed by atoms with Crippen LogP contribution in [0.3, 0.4) is 0 Å². The van der Waals surface area contributed by atoms with Gasteiger partial charge in [0.05, 0.1) is 17.6 Å². The van der Waals surface area contributed by atoms with E-state index in [4.69, 9.17) is 5.73 Å². The predicted octanol–water partition coefficient (Wildman–Crippen LogP) is 2.85. The number of hydrogen-bond donors (Lipinski definition) is 1. The Morgan fingerprint density at radius 1 is 1.25 bits per heavy atom. The molecule has 0 saturated heterocycles. The van der Waals surface area contributed by atoms with Gasteiger partial charge < -0.3 is 5.73 Å². The second kappa shape index (κ2) is 3.96. The van der Waals surface area contributed by atoms with E-state index in [0.29, 0.717) is 5.69 Å². The van der Waals surface area contributed by atoms with E-state index < -0.39 is 0 Å². The number of benzene rings is 1. The monoisotopic (exact) mass is 219 g/mol. The molecule has 0 aliphatic rings. The molecule has 2 aromatic rings. The molecule has 0 aliphatic heterocycles. The van der Waals surface area contributed by atoms with Crippen LogP contribution >= 0.6 is 0 Å². The minimum atomic E-state index is -0.252. The zero-order valence-electron chi connectivity index (χ0n) is 9.31. The summed E-state index contributed by atoms with van der Waals surface area (Å²) in [6.45, 7) is 4.05. The largest absolute Gasteiger partial charge is 0.396 e. The highest BCUT2D eigenvalue weighted by atomic mass is 19.1. The third kappa shape index (κ3) is 1.78. The first-order valence-corrected chi connectivity index (χ1v) is 5.18. The summed E-state index contributed by atoms with van der Waals surface area (Å²) in [5.74, 6) is -0.252. The number of anilines is 1. The van der Waals surface area contributed by atoms with E-state index >= 15 is 0 Å². The molecule has 0 radical (unpaired) electrons. The fourth-order valence-electron chi connectivity index (χ4n) is 1.67. The predicted molar refractivity (Wildman–Crippen MR) is 62.4 cm³/mol. The number of nitrogens with zero attached hydrogens (tertiary/aromatic N) is 2. The molecule has 3 nitrogen and oxygen atoms in total. The van der Waals surface area contributed by atoms with Crippen LogP contribution in [0.2, 0.25) is 0 Å². The maximum Gasteiger partial charge on any atom is 0.123 e. The summed E-state index contributed by atoms with van der Waals surface area (Å²) in [7, 11) is 0. The highest BCUT2D eigenvalue weighted by Gasteiger charge is 2.12. The average molecular weight is 219 g/mol. The van der Waals surface area contributed by atoms with Crippen molar-refractivity contribution in [3.8, 4) is 11.3 Å². The van der Waals surface area contributed by atoms with E-state index in [0.717, 1.165) is 11.3 Å². The number of halogens is 1. The molecule has 0 aliphatic carbocycles. The van der Waals surface area contributed by atoms with Gasteiger partial charge >= 0.3 is 0 Å². The van der Waals surface area contributed by atoms with E-state index in [-0.39, 0.29) is 11.9 Å². The summed E-state index contributed by atoms with van der Waals surface area (Å²) in [6, 6.07) is 6.49. The molecule has 84 valence electrons. The van der Waals surface area contributed by atoms with Gasteiger partial charge in [0.25, 0.3) is 0 Å². The summed E-state index contributed by atoms with van der Waals surface area (Å²) in [6.07, 6.45) is 1.62. The van der Waals surface area contributed by atoms with Gasteiger partial charge in [-0.15, -0.1) is 0 Å². The van der Waals surface area contributed by atoms with Crippen molar-refractivity contribution in [3.05, 3.63) is 36.3 Å². The van der Waals surface area contributed by atoms with E-state index in [1.807, 2.05) is 18.5 Å². The van der Waals surface area contributed by atoms with Crippen LogP contribution < -0.4 is 5.73 Å². The van der Waals surface area contributed by atoms with Gasteiger partial charge in [-0.1, -0.05) is 0 Å². The maximum absolute atomic E-state index is 12.8. The molecule has 1 aromatic heterocycles. The van der Waals surface area contributed by atoms with E-state index in [1.165, 1.54) is 12.1 Å². The summed E-state index contributed by atoms with van der Waals surface area (Å²) in [5, 5.41) is 4.21. The molecule has 0 amide bonds. The van der Waals surface area contributed by atoms with Crippen LogP contribution in [-0.2, 0) is 0 Å². The van der Waals surface area contributed by atoms with Crippen LogP contribution in [-0.4, -0.2) is 9.78 Å². The Bertz CT molecular complexity index is 485. The van der Waals surface area contributed by atoms with Gasteiger partial charge in [-0.2, -0.15) is 5.10 Å². The van der Waals surface area contributed by atoms with Gasteiger partial charge in [-0.25, -0.2) is 4.39 Å². The van der Waals surface area contributed by atoms with Crippen molar-refractivity contribution in [2.75, 3.05) is 5.73 Å². The minimum Gasteiger partial charge on any atom is -0.396 e. The Morgan fingerprint density at radius 3 is 2.44 bits per heavy atom. The van der Waals surface area contributed by atoms with Crippen molar-refractivity contribution < 1.29 is 4.39 Å². The zero-order valence-corrected chi connectivity index (χ0v) is 9.31. The second-order valence-electron chi connectivity index (χ2n) is 3.99. The maximum atomic E-state index is 12.8. The topological polar surface area (TPSA) is 43.8 Å². The summed E-state index contributed by atoms with van der Waals surface area (Å²) < 4.78 is 14.7. The molecule has 0 atom stereocenters. The van der Waals surface area contributed by atoms with Crippen LogP contribution in [0.4, 0.5) is 10.1 Å². The Balaban J connectivity index is 2.54. The molecule has 16 heavy (non-hydrogen) atoms. The molecule has 0 bridgehead atoms. The Morgan fingerprint density at radius 2 is 1.88 bits per heavy atom. The standard InChI is InChI=1S/C12H14FN3/c1-8(2)16-12(11(14)7-15-16)9-3-5-10(13)6-4-9/h3-8H,14H2,1-2H3.